The van der Waals surface area contributed by atoms with Crippen molar-refractivity contribution in [1.29, 1.82) is 0 Å². The molecule has 2 atom stereocenters. The van der Waals surface area contributed by atoms with E-state index in [0.29, 0.717) is 23.9 Å². The highest BCUT2D eigenvalue weighted by Crippen LogP contribution is 2.25. The molecule has 0 heterocycles. The summed E-state index contributed by atoms with van der Waals surface area (Å²) in [6, 6.07) is -0.318. The summed E-state index contributed by atoms with van der Waals surface area (Å²) < 4.78 is 0.692. The molecule has 0 aromatic carbocycles. The maximum absolute atomic E-state index is 11.3. The molecule has 0 aromatic heterocycles. The van der Waals surface area contributed by atoms with Crippen LogP contribution in [0.4, 0.5) is 4.79 Å². The minimum atomic E-state index is -0.779. The SMILES string of the molecule is C=C(Br)CNC(=O)N[C@H]1CC[C@@H](C(=O)O)C1. The smallest absolute Gasteiger partial charge is 0.315 e. The van der Waals surface area contributed by atoms with Crippen molar-refractivity contribution in [3.05, 3.63) is 11.1 Å². The molecule has 3 N–H and O–H groups in total. The van der Waals surface area contributed by atoms with Crippen LogP contribution in [0.5, 0.6) is 0 Å². The van der Waals surface area contributed by atoms with Crippen molar-refractivity contribution in [3.8, 4) is 0 Å². The number of amides is 2. The van der Waals surface area contributed by atoms with Gasteiger partial charge in [-0.2, -0.15) is 0 Å². The van der Waals surface area contributed by atoms with E-state index in [9.17, 15) is 9.59 Å². The van der Waals surface area contributed by atoms with Gasteiger partial charge < -0.3 is 15.7 Å². The van der Waals surface area contributed by atoms with Gasteiger partial charge in [-0.15, -0.1) is 0 Å². The molecule has 1 fully saturated rings. The van der Waals surface area contributed by atoms with Gasteiger partial charge in [-0.05, 0) is 19.3 Å². The third-order valence-electron chi connectivity index (χ3n) is 2.56. The number of hydrogen-bond acceptors (Lipinski definition) is 2. The number of carbonyl (C=O) groups is 2. The third-order valence-corrected chi connectivity index (χ3v) is 2.84. The van der Waals surface area contributed by atoms with Crippen LogP contribution in [-0.4, -0.2) is 29.7 Å². The highest BCUT2D eigenvalue weighted by Gasteiger charge is 2.30. The second-order valence-corrected chi connectivity index (χ2v) is 5.01. The zero-order valence-corrected chi connectivity index (χ0v) is 10.4. The van der Waals surface area contributed by atoms with E-state index in [2.05, 4.69) is 33.1 Å². The summed E-state index contributed by atoms with van der Waals surface area (Å²) in [5.41, 5.74) is 0. The molecule has 1 saturated carbocycles. The van der Waals surface area contributed by atoms with Gasteiger partial charge in [-0.1, -0.05) is 22.5 Å². The van der Waals surface area contributed by atoms with Crippen molar-refractivity contribution in [1.82, 2.24) is 10.6 Å². The Hall–Kier alpha value is -1.04. The minimum Gasteiger partial charge on any atom is -0.481 e. The highest BCUT2D eigenvalue weighted by atomic mass is 79.9. The summed E-state index contributed by atoms with van der Waals surface area (Å²) in [5, 5.41) is 14.1. The molecule has 5 nitrogen and oxygen atoms in total. The van der Waals surface area contributed by atoms with Crippen LogP contribution in [0.2, 0.25) is 0 Å². The van der Waals surface area contributed by atoms with Crippen molar-refractivity contribution in [2.24, 2.45) is 5.92 Å². The number of urea groups is 1. The fraction of sp³-hybridized carbons (Fsp3) is 0.600. The monoisotopic (exact) mass is 290 g/mol. The van der Waals surface area contributed by atoms with E-state index in [4.69, 9.17) is 5.11 Å². The van der Waals surface area contributed by atoms with Gasteiger partial charge in [0.1, 0.15) is 0 Å². The number of rotatable bonds is 4. The third kappa shape index (κ3) is 4.22. The van der Waals surface area contributed by atoms with Gasteiger partial charge in [0.25, 0.3) is 0 Å². The average molecular weight is 291 g/mol. The number of carboxylic acids is 1. The first-order chi connectivity index (χ1) is 7.49. The lowest BCUT2D eigenvalue weighted by Crippen LogP contribution is -2.41. The Morgan fingerprint density at radius 1 is 1.44 bits per heavy atom. The van der Waals surface area contributed by atoms with Crippen LogP contribution in [0.1, 0.15) is 19.3 Å². The zero-order chi connectivity index (χ0) is 12.1. The molecule has 0 saturated heterocycles. The maximum Gasteiger partial charge on any atom is 0.315 e. The minimum absolute atomic E-state index is 0.0373. The molecule has 90 valence electrons. The second-order valence-electron chi connectivity index (χ2n) is 3.89. The van der Waals surface area contributed by atoms with Gasteiger partial charge in [-0.25, -0.2) is 4.79 Å². The lowest BCUT2D eigenvalue weighted by atomic mass is 10.1. The van der Waals surface area contributed by atoms with Gasteiger partial charge in [-0.3, -0.25) is 4.79 Å². The lowest BCUT2D eigenvalue weighted by molar-refractivity contribution is -0.141. The van der Waals surface area contributed by atoms with Gasteiger partial charge in [0.2, 0.25) is 0 Å². The molecule has 6 heteroatoms. The van der Waals surface area contributed by atoms with Crippen LogP contribution < -0.4 is 10.6 Å². The van der Waals surface area contributed by atoms with E-state index >= 15 is 0 Å². The van der Waals surface area contributed by atoms with Crippen molar-refractivity contribution < 1.29 is 14.7 Å². The van der Waals surface area contributed by atoms with Crippen LogP contribution in [0.3, 0.4) is 0 Å². The number of hydrogen-bond donors (Lipinski definition) is 3. The standard InChI is InChI=1S/C10H15BrN2O3/c1-6(11)5-12-10(16)13-8-3-2-7(4-8)9(14)15/h7-8H,1-5H2,(H,14,15)(H2,12,13,16)/t7-,8+/m1/s1. The normalized spacial score (nSPS) is 23.8. The first-order valence-electron chi connectivity index (χ1n) is 5.09. The van der Waals surface area contributed by atoms with Gasteiger partial charge in [0, 0.05) is 10.5 Å². The topological polar surface area (TPSA) is 78.4 Å². The van der Waals surface area contributed by atoms with Crippen LogP contribution in [-0.2, 0) is 4.79 Å². The van der Waals surface area contributed by atoms with E-state index in [-0.39, 0.29) is 18.0 Å². The largest absolute Gasteiger partial charge is 0.481 e. The number of halogens is 1. The Morgan fingerprint density at radius 3 is 2.62 bits per heavy atom. The predicted molar refractivity (Wildman–Crippen MR) is 63.4 cm³/mol. The fourth-order valence-corrected chi connectivity index (χ4v) is 1.89. The molecule has 0 spiro atoms. The predicted octanol–water partition coefficient (Wildman–Crippen LogP) is 1.45. The molecular weight excluding hydrogens is 276 g/mol. The first-order valence-corrected chi connectivity index (χ1v) is 5.88. The lowest BCUT2D eigenvalue weighted by Gasteiger charge is -2.13. The number of aliphatic carboxylic acids is 1. The molecule has 1 aliphatic rings. The molecule has 1 aliphatic carbocycles. The zero-order valence-electron chi connectivity index (χ0n) is 8.83. The van der Waals surface area contributed by atoms with Crippen LogP contribution in [0.25, 0.3) is 0 Å². The van der Waals surface area contributed by atoms with Crippen molar-refractivity contribution in [2.75, 3.05) is 6.54 Å². The summed E-state index contributed by atoms with van der Waals surface area (Å²) in [6.07, 6.45) is 1.86. The Labute approximate surface area is 102 Å². The summed E-state index contributed by atoms with van der Waals surface area (Å²) in [5.74, 6) is -1.10. The van der Waals surface area contributed by atoms with E-state index in [0.717, 1.165) is 6.42 Å². The van der Waals surface area contributed by atoms with Crippen LogP contribution >= 0.6 is 15.9 Å². The van der Waals surface area contributed by atoms with Crippen LogP contribution in [0.15, 0.2) is 11.1 Å². The maximum atomic E-state index is 11.3. The highest BCUT2D eigenvalue weighted by molar-refractivity contribution is 9.11. The fourth-order valence-electron chi connectivity index (χ4n) is 1.75. The van der Waals surface area contributed by atoms with E-state index in [1.54, 1.807) is 0 Å². The van der Waals surface area contributed by atoms with Gasteiger partial charge >= 0.3 is 12.0 Å². The summed E-state index contributed by atoms with van der Waals surface area (Å²) in [7, 11) is 0. The Balaban J connectivity index is 2.26. The number of nitrogens with one attached hydrogen (secondary N) is 2. The Morgan fingerprint density at radius 2 is 2.12 bits per heavy atom. The second kappa shape index (κ2) is 5.89. The van der Waals surface area contributed by atoms with Crippen LogP contribution in [0, 0.1) is 5.92 Å². The van der Waals surface area contributed by atoms with Crippen molar-refractivity contribution in [2.45, 2.75) is 25.3 Å². The molecule has 1 rings (SSSR count). The molecule has 16 heavy (non-hydrogen) atoms. The molecular formula is C10H15BrN2O3. The number of carboxylic acid groups (broad SMARTS) is 1. The summed E-state index contributed by atoms with van der Waals surface area (Å²) in [4.78, 5) is 22.1. The van der Waals surface area contributed by atoms with E-state index in [1.165, 1.54) is 0 Å². The molecule has 0 aromatic rings. The summed E-state index contributed by atoms with van der Waals surface area (Å²) >= 11 is 3.13. The van der Waals surface area contributed by atoms with Gasteiger partial charge in [0.15, 0.2) is 0 Å². The molecule has 0 bridgehead atoms. The average Bonchev–Trinajstić information content (AvgIpc) is 2.63. The molecule has 0 aliphatic heterocycles. The molecule has 0 radical (unpaired) electrons. The van der Waals surface area contributed by atoms with Gasteiger partial charge in [0.05, 0.1) is 12.5 Å². The first kappa shape index (κ1) is 13.0. The van der Waals surface area contributed by atoms with E-state index in [1.807, 2.05) is 0 Å². The molecule has 2 amide bonds. The summed E-state index contributed by atoms with van der Waals surface area (Å²) in [6.45, 7) is 3.95. The molecule has 0 unspecified atom stereocenters. The number of carbonyl (C=O) groups excluding carboxylic acids is 1. The Bertz CT molecular complexity index is 306. The van der Waals surface area contributed by atoms with E-state index < -0.39 is 5.97 Å². The Kier molecular flexibility index (Phi) is 4.79. The van der Waals surface area contributed by atoms with Crippen molar-refractivity contribution >= 4 is 27.9 Å². The quantitative estimate of drug-likeness (QED) is 0.733. The van der Waals surface area contributed by atoms with Crippen molar-refractivity contribution in [3.63, 3.8) is 0 Å².